The van der Waals surface area contributed by atoms with Gasteiger partial charge in [0.1, 0.15) is 5.70 Å². The number of Topliss-reactive ketones (excluding diaryl/α,β-unsaturated/α-hetero) is 1. The predicted molar refractivity (Wildman–Crippen MR) is 95.8 cm³/mol. The molecule has 0 spiro atoms. The van der Waals surface area contributed by atoms with E-state index in [-0.39, 0.29) is 5.78 Å². The molecule has 0 saturated heterocycles. The molecule has 3 nitrogen and oxygen atoms in total. The van der Waals surface area contributed by atoms with Gasteiger partial charge in [-0.05, 0) is 22.0 Å². The molecule has 0 bridgehead atoms. The summed E-state index contributed by atoms with van der Waals surface area (Å²) in [5.74, 6) is -0.149. The van der Waals surface area contributed by atoms with E-state index in [4.69, 9.17) is 11.6 Å². The second-order valence-electron chi connectivity index (χ2n) is 4.59. The first-order valence-corrected chi connectivity index (χ1v) is 9.25. The first kappa shape index (κ1) is 15.8. The van der Waals surface area contributed by atoms with Gasteiger partial charge in [0.05, 0.1) is 0 Å². The summed E-state index contributed by atoms with van der Waals surface area (Å²) in [6.45, 7) is 0. The van der Waals surface area contributed by atoms with Crippen molar-refractivity contribution in [3.63, 3.8) is 0 Å². The molecular formula is C17H11ClN2OS2. The third kappa shape index (κ3) is 4.01. The Kier molecular flexibility index (Phi) is 5.12. The molecule has 0 amide bonds. The Balaban J connectivity index is 2.10. The van der Waals surface area contributed by atoms with Crippen LogP contribution in [-0.4, -0.2) is 10.2 Å². The smallest absolute Gasteiger partial charge is 0.211 e. The van der Waals surface area contributed by atoms with Crippen molar-refractivity contribution in [2.45, 2.75) is 0 Å². The number of aromatic nitrogens is 1. The van der Waals surface area contributed by atoms with E-state index in [2.05, 4.69) is 9.37 Å². The molecular weight excluding hydrogens is 348 g/mol. The highest BCUT2D eigenvalue weighted by atomic mass is 35.5. The van der Waals surface area contributed by atoms with Crippen LogP contribution in [0.3, 0.4) is 0 Å². The monoisotopic (exact) mass is 358 g/mol. The molecule has 3 rings (SSSR count). The number of allylic oxidation sites excluding steroid dienone is 1. The second kappa shape index (κ2) is 7.46. The van der Waals surface area contributed by atoms with Crippen LogP contribution >= 0.6 is 32.5 Å². The predicted octanol–water partition coefficient (Wildman–Crippen LogP) is 4.68. The summed E-state index contributed by atoms with van der Waals surface area (Å²) >= 11 is 6.02. The maximum absolute atomic E-state index is 12.8. The molecule has 0 radical (unpaired) electrons. The molecule has 6 heteroatoms. The fourth-order valence-electron chi connectivity index (χ4n) is 1.93. The molecule has 0 N–H and O–H groups in total. The maximum Gasteiger partial charge on any atom is 0.211 e. The van der Waals surface area contributed by atoms with Gasteiger partial charge in [0.25, 0.3) is 0 Å². The average molecular weight is 359 g/mol. The lowest BCUT2D eigenvalue weighted by Gasteiger charge is -2.02. The quantitative estimate of drug-likeness (QED) is 0.386. The highest BCUT2D eigenvalue weighted by Gasteiger charge is 2.12. The largest absolute Gasteiger partial charge is 0.287 e. The van der Waals surface area contributed by atoms with E-state index < -0.39 is 0 Å². The van der Waals surface area contributed by atoms with Gasteiger partial charge in [-0.3, -0.25) is 4.79 Å². The van der Waals surface area contributed by atoms with Crippen LogP contribution in [0.2, 0.25) is 5.15 Å². The Morgan fingerprint density at radius 2 is 1.70 bits per heavy atom. The number of rotatable bonds is 4. The fraction of sp³-hybridized carbons (Fsp3) is 0. The van der Waals surface area contributed by atoms with Gasteiger partial charge in [-0.25, -0.2) is 4.99 Å². The van der Waals surface area contributed by atoms with E-state index in [9.17, 15) is 4.79 Å². The van der Waals surface area contributed by atoms with Gasteiger partial charge in [0.2, 0.25) is 5.78 Å². The van der Waals surface area contributed by atoms with Crippen LogP contribution in [-0.2, 0) is 0 Å². The summed E-state index contributed by atoms with van der Waals surface area (Å²) in [5.41, 5.74) is 1.82. The first-order chi connectivity index (χ1) is 11.2. The lowest BCUT2D eigenvalue weighted by Crippen LogP contribution is -2.06. The standard InChI is InChI=1S/C17H11ClN2OS2/c18-16-17(22-23-20-16)19-14(11-12-7-3-1-4-8-12)15(21)13-9-5-2-6-10-13/h1-11H/b14-11+,19-17?. The number of benzene rings is 2. The van der Waals surface area contributed by atoms with Crippen LogP contribution in [0.4, 0.5) is 0 Å². The van der Waals surface area contributed by atoms with Crippen molar-refractivity contribution in [3.05, 3.63) is 87.3 Å². The SMILES string of the molecule is O=C(/C(=C\c1ccccc1)N=c1ssnc1Cl)c1ccccc1. The lowest BCUT2D eigenvalue weighted by molar-refractivity contribution is 0.103. The van der Waals surface area contributed by atoms with Crippen molar-refractivity contribution in [2.75, 3.05) is 0 Å². The summed E-state index contributed by atoms with van der Waals surface area (Å²) in [5, 5.41) is 0.319. The van der Waals surface area contributed by atoms with Crippen molar-refractivity contribution >= 4 is 44.3 Å². The Morgan fingerprint density at radius 3 is 2.30 bits per heavy atom. The highest BCUT2D eigenvalue weighted by Crippen LogP contribution is 2.15. The molecule has 1 aromatic heterocycles. The van der Waals surface area contributed by atoms with E-state index >= 15 is 0 Å². The first-order valence-electron chi connectivity index (χ1n) is 6.77. The van der Waals surface area contributed by atoms with Crippen LogP contribution in [0.15, 0.2) is 71.4 Å². The average Bonchev–Trinajstić information content (AvgIpc) is 3.00. The molecule has 0 aliphatic heterocycles. The molecule has 0 aliphatic carbocycles. The second-order valence-corrected chi connectivity index (χ2v) is 6.78. The fourth-order valence-corrected chi connectivity index (χ4v) is 3.91. The molecule has 2 aromatic carbocycles. The van der Waals surface area contributed by atoms with Gasteiger partial charge in [0, 0.05) is 16.1 Å². The van der Waals surface area contributed by atoms with Gasteiger partial charge >= 0.3 is 0 Å². The molecule has 0 atom stereocenters. The number of hydrogen-bond donors (Lipinski definition) is 0. The minimum Gasteiger partial charge on any atom is -0.287 e. The molecule has 23 heavy (non-hydrogen) atoms. The Hall–Kier alpha value is -2.08. The van der Waals surface area contributed by atoms with Gasteiger partial charge < -0.3 is 0 Å². The zero-order chi connectivity index (χ0) is 16.1. The zero-order valence-electron chi connectivity index (χ0n) is 11.8. The van der Waals surface area contributed by atoms with Gasteiger partial charge in [-0.15, -0.1) is 0 Å². The number of ketones is 1. The van der Waals surface area contributed by atoms with E-state index in [0.29, 0.717) is 21.1 Å². The van der Waals surface area contributed by atoms with Crippen LogP contribution in [0.25, 0.3) is 6.08 Å². The molecule has 114 valence electrons. The van der Waals surface area contributed by atoms with E-state index in [1.54, 1.807) is 18.2 Å². The Morgan fingerprint density at radius 1 is 1.04 bits per heavy atom. The van der Waals surface area contributed by atoms with Gasteiger partial charge in [-0.2, -0.15) is 4.37 Å². The number of carbonyl (C=O) groups excluding carboxylic acids is 1. The van der Waals surface area contributed by atoms with Crippen LogP contribution < -0.4 is 4.67 Å². The Labute approximate surface area is 145 Å². The number of halogens is 1. The van der Waals surface area contributed by atoms with Crippen molar-refractivity contribution in [2.24, 2.45) is 4.99 Å². The molecule has 1 heterocycles. The number of carbonyl (C=O) groups is 1. The summed E-state index contributed by atoms with van der Waals surface area (Å²) < 4.78 is 4.55. The molecule has 0 fully saturated rings. The summed E-state index contributed by atoms with van der Waals surface area (Å²) in [6, 6.07) is 18.7. The maximum atomic E-state index is 12.8. The van der Waals surface area contributed by atoms with Crippen LogP contribution in [0.1, 0.15) is 15.9 Å². The van der Waals surface area contributed by atoms with Gasteiger partial charge in [0.15, 0.2) is 9.82 Å². The van der Waals surface area contributed by atoms with Crippen LogP contribution in [0.5, 0.6) is 0 Å². The highest BCUT2D eigenvalue weighted by molar-refractivity contribution is 7.66. The van der Waals surface area contributed by atoms with E-state index in [1.807, 2.05) is 48.5 Å². The summed E-state index contributed by atoms with van der Waals surface area (Å²) in [4.78, 5) is 17.2. The third-order valence-corrected chi connectivity index (χ3v) is 5.17. The topological polar surface area (TPSA) is 42.3 Å². The van der Waals surface area contributed by atoms with Crippen molar-refractivity contribution in [3.8, 4) is 0 Å². The van der Waals surface area contributed by atoms with Crippen molar-refractivity contribution < 1.29 is 4.79 Å². The minimum atomic E-state index is -0.149. The molecule has 0 saturated carbocycles. The number of nitrogens with zero attached hydrogens (tertiary/aromatic N) is 2. The minimum absolute atomic E-state index is 0.149. The molecule has 0 unspecified atom stereocenters. The van der Waals surface area contributed by atoms with Crippen LogP contribution in [0, 0.1) is 0 Å². The van der Waals surface area contributed by atoms with Gasteiger partial charge in [-0.1, -0.05) is 72.3 Å². The van der Waals surface area contributed by atoms with Crippen molar-refractivity contribution in [1.29, 1.82) is 0 Å². The Bertz CT molecular complexity index is 899. The zero-order valence-corrected chi connectivity index (χ0v) is 14.2. The van der Waals surface area contributed by atoms with Crippen molar-refractivity contribution in [1.82, 2.24) is 4.37 Å². The number of hydrogen-bond acceptors (Lipinski definition) is 5. The normalized spacial score (nSPS) is 12.4. The molecule has 3 aromatic rings. The molecule has 0 aliphatic rings. The third-order valence-electron chi connectivity index (χ3n) is 3.00. The summed E-state index contributed by atoms with van der Waals surface area (Å²) in [6.07, 6.45) is 1.76. The lowest BCUT2D eigenvalue weighted by atomic mass is 10.1. The van der Waals surface area contributed by atoms with E-state index in [1.165, 1.54) is 20.9 Å². The summed E-state index contributed by atoms with van der Waals surface area (Å²) in [7, 11) is 2.59. The van der Waals surface area contributed by atoms with E-state index in [0.717, 1.165) is 5.56 Å².